The summed E-state index contributed by atoms with van der Waals surface area (Å²) in [5, 5.41) is 53.9. The van der Waals surface area contributed by atoms with Crippen LogP contribution < -0.4 is 5.32 Å². The van der Waals surface area contributed by atoms with Gasteiger partial charge in [-0.1, -0.05) is 150 Å². The Morgan fingerprint density at radius 3 is 1.77 bits per heavy atom. The number of aliphatic hydroxyl groups excluding tert-OH is 5. The van der Waals surface area contributed by atoms with E-state index in [4.69, 9.17) is 14.2 Å². The molecule has 0 aromatic carbocycles. The minimum absolute atomic E-state index is 0.0516. The van der Waals surface area contributed by atoms with Gasteiger partial charge in [0, 0.05) is 12.8 Å². The van der Waals surface area contributed by atoms with Gasteiger partial charge in [-0.3, -0.25) is 9.59 Å². The van der Waals surface area contributed by atoms with Crippen LogP contribution in [0.2, 0.25) is 0 Å². The third-order valence-corrected chi connectivity index (χ3v) is 11.3. The Hall–Kier alpha value is -2.90. The van der Waals surface area contributed by atoms with Gasteiger partial charge in [-0.15, -0.1) is 0 Å². The molecule has 1 fully saturated rings. The van der Waals surface area contributed by atoms with E-state index < -0.39 is 49.5 Å². The summed E-state index contributed by atoms with van der Waals surface area (Å²) < 4.78 is 16.6. The average Bonchev–Trinajstić information content (AvgIpc) is 3.29. The van der Waals surface area contributed by atoms with Gasteiger partial charge in [0.05, 0.1) is 32.0 Å². The van der Waals surface area contributed by atoms with E-state index in [0.717, 1.165) is 70.6 Å². The van der Waals surface area contributed by atoms with E-state index in [1.807, 2.05) is 31.2 Å². The Bertz CT molecular complexity index is 1290. The van der Waals surface area contributed by atoms with Crippen molar-refractivity contribution in [1.29, 1.82) is 0 Å². The van der Waals surface area contributed by atoms with Crippen LogP contribution in [0.4, 0.5) is 0 Å². The van der Waals surface area contributed by atoms with E-state index in [9.17, 15) is 35.1 Å². The van der Waals surface area contributed by atoms with Crippen molar-refractivity contribution < 1.29 is 49.3 Å². The van der Waals surface area contributed by atoms with Crippen molar-refractivity contribution in [3.8, 4) is 0 Å². The Kier molecular flexibility index (Phi) is 39.5. The predicted octanol–water partition coefficient (Wildman–Crippen LogP) is 10.1. The Balaban J connectivity index is 2.19. The van der Waals surface area contributed by atoms with Gasteiger partial charge < -0.3 is 45.1 Å². The van der Waals surface area contributed by atoms with E-state index in [2.05, 4.69) is 54.8 Å². The number of hydrogen-bond donors (Lipinski definition) is 6. The van der Waals surface area contributed by atoms with Crippen LogP contribution in [-0.2, 0) is 23.8 Å². The molecule has 368 valence electrons. The number of allylic oxidation sites excluding steroid dienone is 11. The topological polar surface area (TPSA) is 175 Å². The summed E-state index contributed by atoms with van der Waals surface area (Å²) in [6, 6.07) is -0.879. The maximum Gasteiger partial charge on any atom is 0.305 e. The number of amides is 1. The van der Waals surface area contributed by atoms with E-state index >= 15 is 0 Å². The molecule has 1 heterocycles. The number of carbonyl (C=O) groups is 2. The zero-order chi connectivity index (χ0) is 46.7. The molecule has 7 atom stereocenters. The maximum atomic E-state index is 12.9. The normalized spacial score (nSPS) is 20.5. The summed E-state index contributed by atoms with van der Waals surface area (Å²) in [5.41, 5.74) is 0. The summed E-state index contributed by atoms with van der Waals surface area (Å²) in [6.07, 6.45) is 44.5. The number of carbonyl (C=O) groups excluding carboxylic acids is 2. The van der Waals surface area contributed by atoms with Crippen LogP contribution in [0.25, 0.3) is 0 Å². The lowest BCUT2D eigenvalue weighted by Crippen LogP contribution is -2.60. The Morgan fingerprint density at radius 1 is 0.609 bits per heavy atom. The molecule has 0 bridgehead atoms. The molecule has 0 aliphatic carbocycles. The van der Waals surface area contributed by atoms with Gasteiger partial charge >= 0.3 is 5.97 Å². The molecule has 1 aliphatic rings. The summed E-state index contributed by atoms with van der Waals surface area (Å²) >= 11 is 0. The van der Waals surface area contributed by atoms with Gasteiger partial charge in [-0.05, 0) is 96.8 Å². The van der Waals surface area contributed by atoms with Gasteiger partial charge in [-0.2, -0.15) is 0 Å². The van der Waals surface area contributed by atoms with Crippen molar-refractivity contribution in [3.05, 3.63) is 72.9 Å². The van der Waals surface area contributed by atoms with Crippen molar-refractivity contribution in [2.45, 2.75) is 230 Å². The molecule has 1 aliphatic heterocycles. The molecule has 0 aromatic heterocycles. The van der Waals surface area contributed by atoms with E-state index in [-0.39, 0.29) is 24.9 Å². The lowest BCUT2D eigenvalue weighted by atomic mass is 9.99. The van der Waals surface area contributed by atoms with Crippen molar-refractivity contribution in [3.63, 3.8) is 0 Å². The fourth-order valence-corrected chi connectivity index (χ4v) is 7.28. The first-order valence-electron chi connectivity index (χ1n) is 25.2. The first-order chi connectivity index (χ1) is 31.2. The number of aliphatic hydroxyl groups is 5. The Morgan fingerprint density at radius 2 is 1.14 bits per heavy atom. The number of hydrogen-bond acceptors (Lipinski definition) is 10. The number of esters is 1. The second-order valence-electron chi connectivity index (χ2n) is 17.1. The van der Waals surface area contributed by atoms with Gasteiger partial charge in [0.1, 0.15) is 24.4 Å². The highest BCUT2D eigenvalue weighted by Crippen LogP contribution is 2.22. The molecule has 0 radical (unpaired) electrons. The average molecular weight is 902 g/mol. The summed E-state index contributed by atoms with van der Waals surface area (Å²) in [5.74, 6) is -0.335. The second-order valence-corrected chi connectivity index (χ2v) is 17.1. The monoisotopic (exact) mass is 902 g/mol. The molecule has 0 spiro atoms. The maximum absolute atomic E-state index is 12.9. The van der Waals surface area contributed by atoms with Crippen molar-refractivity contribution in [1.82, 2.24) is 5.32 Å². The number of rotatable bonds is 41. The van der Waals surface area contributed by atoms with Gasteiger partial charge in [0.15, 0.2) is 6.29 Å². The molecule has 0 saturated carbocycles. The molecule has 11 heteroatoms. The minimum atomic E-state index is -1.60. The molecule has 64 heavy (non-hydrogen) atoms. The smallest absolute Gasteiger partial charge is 0.305 e. The van der Waals surface area contributed by atoms with Crippen LogP contribution in [-0.4, -0.2) is 100 Å². The van der Waals surface area contributed by atoms with Crippen LogP contribution in [0.15, 0.2) is 72.9 Å². The summed E-state index contributed by atoms with van der Waals surface area (Å²) in [7, 11) is 0. The van der Waals surface area contributed by atoms with Crippen LogP contribution in [0.1, 0.15) is 187 Å². The summed E-state index contributed by atoms with van der Waals surface area (Å²) in [6.45, 7) is 3.95. The Labute approximate surface area is 388 Å². The van der Waals surface area contributed by atoms with Crippen LogP contribution in [0.3, 0.4) is 0 Å². The SMILES string of the molecule is C/C=C/CC/C=C/CC/C=C/C(O)C(COC1OC(CO)C(O)C(O)C1O)NC(=O)CC/C=C\C/C=C\CCCCCCCCOC(=O)CCCCCCC/C=C\CCCCCCC. The molecular formula is C53H91NO10. The van der Waals surface area contributed by atoms with Gasteiger partial charge in [0.2, 0.25) is 5.91 Å². The first kappa shape index (κ1) is 59.1. The molecule has 11 nitrogen and oxygen atoms in total. The van der Waals surface area contributed by atoms with Gasteiger partial charge in [-0.25, -0.2) is 0 Å². The minimum Gasteiger partial charge on any atom is -0.466 e. The van der Waals surface area contributed by atoms with Crippen LogP contribution >= 0.6 is 0 Å². The zero-order valence-corrected chi connectivity index (χ0v) is 40.0. The second kappa shape index (κ2) is 42.7. The first-order valence-corrected chi connectivity index (χ1v) is 25.2. The molecule has 1 amide bonds. The number of ether oxygens (including phenoxy) is 3. The molecule has 7 unspecified atom stereocenters. The lowest BCUT2D eigenvalue weighted by molar-refractivity contribution is -0.302. The van der Waals surface area contributed by atoms with Crippen molar-refractivity contribution in [2.75, 3.05) is 19.8 Å². The van der Waals surface area contributed by atoms with Crippen molar-refractivity contribution in [2.24, 2.45) is 0 Å². The highest BCUT2D eigenvalue weighted by molar-refractivity contribution is 5.76. The molecule has 6 N–H and O–H groups in total. The van der Waals surface area contributed by atoms with Crippen LogP contribution in [0.5, 0.6) is 0 Å². The molecule has 1 rings (SSSR count). The van der Waals surface area contributed by atoms with E-state index in [1.54, 1.807) is 6.08 Å². The molecular weight excluding hydrogens is 811 g/mol. The quantitative estimate of drug-likeness (QED) is 0.0197. The highest BCUT2D eigenvalue weighted by atomic mass is 16.7. The van der Waals surface area contributed by atoms with Crippen molar-refractivity contribution >= 4 is 11.9 Å². The predicted molar refractivity (Wildman–Crippen MR) is 259 cm³/mol. The fraction of sp³-hybridized carbons (Fsp3) is 0.736. The third kappa shape index (κ3) is 32.7. The zero-order valence-electron chi connectivity index (χ0n) is 40.0. The lowest BCUT2D eigenvalue weighted by Gasteiger charge is -2.40. The van der Waals surface area contributed by atoms with Crippen LogP contribution in [0, 0.1) is 0 Å². The largest absolute Gasteiger partial charge is 0.466 e. The van der Waals surface area contributed by atoms with E-state index in [0.29, 0.717) is 25.9 Å². The highest BCUT2D eigenvalue weighted by Gasteiger charge is 2.44. The van der Waals surface area contributed by atoms with E-state index in [1.165, 1.54) is 77.0 Å². The number of nitrogens with one attached hydrogen (secondary N) is 1. The van der Waals surface area contributed by atoms with Gasteiger partial charge in [0.25, 0.3) is 0 Å². The third-order valence-electron chi connectivity index (χ3n) is 11.3. The molecule has 0 aromatic rings. The number of unbranched alkanes of at least 4 members (excludes halogenated alkanes) is 18. The fourth-order valence-electron chi connectivity index (χ4n) is 7.28. The standard InChI is InChI=1S/C53H91NO10/c1-3-5-7-9-11-13-14-15-18-21-25-29-33-37-41-49(58)62-42-38-34-30-26-22-19-16-17-20-24-28-32-36-40-48(57)54-45(46(56)39-35-31-27-23-12-10-8-6-4-2)44-63-53-52(61)51(60)50(59)47(43-55)64-53/h4,6,12,14-15,17,20,23,28,32,35,39,45-47,50-53,55-56,59-61H,3,5,7-11,13,16,18-19,21-22,24-27,29-31,33-34,36-38,40-44H2,1-2H3,(H,54,57)/b6-4+,15-14-,20-17-,23-12+,32-28-,39-35+. The summed E-state index contributed by atoms with van der Waals surface area (Å²) in [4.78, 5) is 24.9. The molecule has 1 saturated heterocycles.